The molecule has 0 bridgehead atoms. The zero-order chi connectivity index (χ0) is 16.2. The maximum atomic E-state index is 12.1. The van der Waals surface area contributed by atoms with E-state index in [9.17, 15) is 4.79 Å². The van der Waals surface area contributed by atoms with Gasteiger partial charge in [-0.25, -0.2) is 4.98 Å². The summed E-state index contributed by atoms with van der Waals surface area (Å²) in [5, 5.41) is 4.88. The lowest BCUT2D eigenvalue weighted by molar-refractivity contribution is 0.0529. The van der Waals surface area contributed by atoms with E-state index in [0.717, 1.165) is 41.5 Å². The van der Waals surface area contributed by atoms with Gasteiger partial charge in [-0.1, -0.05) is 6.07 Å². The second kappa shape index (κ2) is 7.10. The Kier molecular flexibility index (Phi) is 4.93. The van der Waals surface area contributed by atoms with Crippen LogP contribution in [-0.2, 0) is 11.3 Å². The summed E-state index contributed by atoms with van der Waals surface area (Å²) in [7, 11) is 0. The van der Waals surface area contributed by atoms with E-state index in [-0.39, 0.29) is 12.0 Å². The minimum Gasteiger partial charge on any atom is -0.375 e. The highest BCUT2D eigenvalue weighted by Gasteiger charge is 2.17. The number of morpholine rings is 1. The van der Waals surface area contributed by atoms with Crippen molar-refractivity contribution in [2.45, 2.75) is 26.5 Å². The smallest absolute Gasteiger partial charge is 0.261 e. The highest BCUT2D eigenvalue weighted by molar-refractivity contribution is 7.12. The fraction of sp³-hybridized carbons (Fsp3) is 0.412. The second-order valence-corrected chi connectivity index (χ2v) is 6.68. The van der Waals surface area contributed by atoms with E-state index in [1.54, 1.807) is 0 Å². The van der Waals surface area contributed by atoms with Gasteiger partial charge in [-0.2, -0.15) is 0 Å². The number of anilines is 1. The van der Waals surface area contributed by atoms with E-state index in [2.05, 4.69) is 22.1 Å². The van der Waals surface area contributed by atoms with Crippen molar-refractivity contribution in [1.82, 2.24) is 10.3 Å². The fourth-order valence-corrected chi connectivity index (χ4v) is 3.44. The molecule has 2 aromatic heterocycles. The number of aryl methyl sites for hydroxylation is 1. The maximum Gasteiger partial charge on any atom is 0.261 e. The van der Waals surface area contributed by atoms with E-state index in [4.69, 9.17) is 4.74 Å². The number of thiophene rings is 1. The van der Waals surface area contributed by atoms with Crippen molar-refractivity contribution in [1.29, 1.82) is 0 Å². The van der Waals surface area contributed by atoms with Crippen LogP contribution in [0.1, 0.15) is 27.7 Å². The van der Waals surface area contributed by atoms with Gasteiger partial charge in [0.25, 0.3) is 5.91 Å². The summed E-state index contributed by atoms with van der Waals surface area (Å²) < 4.78 is 5.55. The molecule has 1 unspecified atom stereocenters. The normalized spacial score (nSPS) is 18.0. The number of nitrogens with one attached hydrogen (secondary N) is 1. The van der Waals surface area contributed by atoms with Crippen LogP contribution >= 0.6 is 11.3 Å². The van der Waals surface area contributed by atoms with E-state index < -0.39 is 0 Å². The van der Waals surface area contributed by atoms with Gasteiger partial charge in [-0.3, -0.25) is 4.79 Å². The number of ether oxygens (including phenoxy) is 1. The predicted molar refractivity (Wildman–Crippen MR) is 92.1 cm³/mol. The molecule has 1 aliphatic rings. The fourth-order valence-electron chi connectivity index (χ4n) is 2.60. The van der Waals surface area contributed by atoms with Crippen LogP contribution in [0.2, 0.25) is 0 Å². The van der Waals surface area contributed by atoms with Gasteiger partial charge in [0.15, 0.2) is 0 Å². The van der Waals surface area contributed by atoms with Crippen LogP contribution in [0.25, 0.3) is 0 Å². The van der Waals surface area contributed by atoms with Crippen molar-refractivity contribution in [2.75, 3.05) is 24.6 Å². The van der Waals surface area contributed by atoms with Gasteiger partial charge in [-0.05, 0) is 42.5 Å². The zero-order valence-corrected chi connectivity index (χ0v) is 14.2. The molecule has 1 aliphatic heterocycles. The first-order valence-corrected chi connectivity index (χ1v) is 8.65. The first kappa shape index (κ1) is 16.0. The molecule has 1 fully saturated rings. The minimum absolute atomic E-state index is 0.0245. The van der Waals surface area contributed by atoms with Gasteiger partial charge in [0.1, 0.15) is 5.82 Å². The number of hydrogen-bond acceptors (Lipinski definition) is 5. The third kappa shape index (κ3) is 3.89. The Morgan fingerprint density at radius 1 is 1.48 bits per heavy atom. The molecule has 1 saturated heterocycles. The zero-order valence-electron chi connectivity index (χ0n) is 13.4. The summed E-state index contributed by atoms with van der Waals surface area (Å²) in [6.07, 6.45) is 2.07. The molecule has 2 aromatic rings. The molecule has 5 nitrogen and oxygen atoms in total. The Labute approximate surface area is 140 Å². The lowest BCUT2D eigenvalue weighted by Gasteiger charge is -2.32. The third-order valence-corrected chi connectivity index (χ3v) is 4.91. The molecular formula is C17H21N3O2S. The largest absolute Gasteiger partial charge is 0.375 e. The van der Waals surface area contributed by atoms with E-state index in [0.29, 0.717) is 6.54 Å². The molecule has 0 aliphatic carbocycles. The number of pyridine rings is 1. The number of hydrogen-bond donors (Lipinski definition) is 1. The summed E-state index contributed by atoms with van der Waals surface area (Å²) in [6, 6.07) is 5.99. The maximum absolute atomic E-state index is 12.1. The summed E-state index contributed by atoms with van der Waals surface area (Å²) in [5.74, 6) is 0.938. The van der Waals surface area contributed by atoms with Crippen LogP contribution in [0.15, 0.2) is 29.8 Å². The van der Waals surface area contributed by atoms with Gasteiger partial charge < -0.3 is 15.0 Å². The third-order valence-electron chi connectivity index (χ3n) is 3.90. The highest BCUT2D eigenvalue weighted by atomic mass is 32.1. The standard InChI is InChI=1S/C17H21N3O2S/c1-12-5-8-23-16(12)17(21)19-10-14-3-4-15(18-9-14)20-6-7-22-13(2)11-20/h3-5,8-9,13H,6-7,10-11H2,1-2H3,(H,19,21). The number of carbonyl (C=O) groups excluding carboxylic acids is 1. The van der Waals surface area contributed by atoms with E-state index in [1.165, 1.54) is 11.3 Å². The van der Waals surface area contributed by atoms with Gasteiger partial charge in [0, 0.05) is 25.8 Å². The van der Waals surface area contributed by atoms with Crippen LogP contribution in [0.3, 0.4) is 0 Å². The van der Waals surface area contributed by atoms with Crippen molar-refractivity contribution in [3.8, 4) is 0 Å². The highest BCUT2D eigenvalue weighted by Crippen LogP contribution is 2.17. The molecule has 1 N–H and O–H groups in total. The molecule has 0 radical (unpaired) electrons. The molecule has 1 atom stereocenters. The molecule has 0 aromatic carbocycles. The predicted octanol–water partition coefficient (Wildman–Crippen LogP) is 2.61. The Hall–Kier alpha value is -1.92. The second-order valence-electron chi connectivity index (χ2n) is 5.77. The first-order valence-electron chi connectivity index (χ1n) is 7.77. The molecular weight excluding hydrogens is 310 g/mol. The van der Waals surface area contributed by atoms with Crippen LogP contribution in [-0.4, -0.2) is 36.7 Å². The Bertz CT molecular complexity index is 669. The first-order chi connectivity index (χ1) is 11.1. The minimum atomic E-state index is -0.0245. The summed E-state index contributed by atoms with van der Waals surface area (Å²) in [5.41, 5.74) is 2.01. The number of carbonyl (C=O) groups is 1. The number of rotatable bonds is 4. The van der Waals surface area contributed by atoms with E-state index in [1.807, 2.05) is 36.7 Å². The average Bonchev–Trinajstić information content (AvgIpc) is 2.99. The number of nitrogens with zero attached hydrogens (tertiary/aromatic N) is 2. The van der Waals surface area contributed by atoms with Crippen LogP contribution in [0, 0.1) is 6.92 Å². The Morgan fingerprint density at radius 2 is 2.35 bits per heavy atom. The van der Waals surface area contributed by atoms with Crippen molar-refractivity contribution in [3.63, 3.8) is 0 Å². The molecule has 3 rings (SSSR count). The van der Waals surface area contributed by atoms with E-state index >= 15 is 0 Å². The number of amides is 1. The molecule has 0 spiro atoms. The summed E-state index contributed by atoms with van der Waals surface area (Å²) in [4.78, 5) is 19.6. The molecule has 23 heavy (non-hydrogen) atoms. The lowest BCUT2D eigenvalue weighted by atomic mass is 10.2. The van der Waals surface area contributed by atoms with Gasteiger partial charge in [-0.15, -0.1) is 11.3 Å². The Balaban J connectivity index is 1.57. The van der Waals surface area contributed by atoms with Crippen molar-refractivity contribution >= 4 is 23.1 Å². The van der Waals surface area contributed by atoms with Crippen LogP contribution < -0.4 is 10.2 Å². The van der Waals surface area contributed by atoms with Crippen LogP contribution in [0.5, 0.6) is 0 Å². The molecule has 6 heteroatoms. The van der Waals surface area contributed by atoms with Crippen molar-refractivity contribution < 1.29 is 9.53 Å². The topological polar surface area (TPSA) is 54.5 Å². The van der Waals surface area contributed by atoms with Crippen molar-refractivity contribution in [3.05, 3.63) is 45.8 Å². The van der Waals surface area contributed by atoms with Gasteiger partial charge in [0.2, 0.25) is 0 Å². The molecule has 1 amide bonds. The van der Waals surface area contributed by atoms with Gasteiger partial charge >= 0.3 is 0 Å². The SMILES string of the molecule is Cc1ccsc1C(=O)NCc1ccc(N2CCOC(C)C2)nc1. The molecule has 0 saturated carbocycles. The summed E-state index contributed by atoms with van der Waals surface area (Å²) >= 11 is 1.47. The molecule has 122 valence electrons. The monoisotopic (exact) mass is 331 g/mol. The molecule has 3 heterocycles. The average molecular weight is 331 g/mol. The van der Waals surface area contributed by atoms with Gasteiger partial charge in [0.05, 0.1) is 17.6 Å². The van der Waals surface area contributed by atoms with Crippen molar-refractivity contribution in [2.24, 2.45) is 0 Å². The summed E-state index contributed by atoms with van der Waals surface area (Å²) in [6.45, 7) is 6.98. The van der Waals surface area contributed by atoms with Crippen LogP contribution in [0.4, 0.5) is 5.82 Å². The Morgan fingerprint density at radius 3 is 3.00 bits per heavy atom. The number of aromatic nitrogens is 1. The quantitative estimate of drug-likeness (QED) is 0.936. The lowest BCUT2D eigenvalue weighted by Crippen LogP contribution is -2.41.